The maximum Gasteiger partial charge on any atom is 0.210 e. The van der Waals surface area contributed by atoms with Crippen LogP contribution in [0, 0.1) is 0 Å². The van der Waals surface area contributed by atoms with Gasteiger partial charge in [-0.2, -0.15) is 0 Å². The molecule has 1 heterocycles. The van der Waals surface area contributed by atoms with E-state index in [0.717, 1.165) is 11.4 Å². The van der Waals surface area contributed by atoms with Crippen molar-refractivity contribution in [2.24, 2.45) is 0 Å². The third-order valence-electron chi connectivity index (χ3n) is 3.31. The van der Waals surface area contributed by atoms with Crippen LogP contribution in [0.3, 0.4) is 0 Å². The van der Waals surface area contributed by atoms with Crippen molar-refractivity contribution in [3.8, 4) is 5.75 Å². The summed E-state index contributed by atoms with van der Waals surface area (Å²) in [6.45, 7) is 0. The van der Waals surface area contributed by atoms with Gasteiger partial charge in [-0.25, -0.2) is 0 Å². The SMILES string of the molecule is COc1ccc(Nc2nnc(SCC(=O)c3ccc(Cl)cc3Cl)s2)cc1. The molecule has 0 fully saturated rings. The van der Waals surface area contributed by atoms with Crippen LogP contribution < -0.4 is 10.1 Å². The summed E-state index contributed by atoms with van der Waals surface area (Å²) in [5.74, 6) is 0.915. The number of hydrogen-bond donors (Lipinski definition) is 1. The first kappa shape index (κ1) is 19.0. The molecule has 2 aromatic carbocycles. The predicted molar refractivity (Wildman–Crippen MR) is 108 cm³/mol. The lowest BCUT2D eigenvalue weighted by atomic mass is 10.1. The molecule has 0 aliphatic carbocycles. The highest BCUT2D eigenvalue weighted by Crippen LogP contribution is 2.29. The van der Waals surface area contributed by atoms with E-state index in [4.69, 9.17) is 27.9 Å². The summed E-state index contributed by atoms with van der Waals surface area (Å²) in [4.78, 5) is 12.3. The van der Waals surface area contributed by atoms with E-state index in [9.17, 15) is 4.79 Å². The van der Waals surface area contributed by atoms with Crippen molar-refractivity contribution in [2.75, 3.05) is 18.2 Å². The quantitative estimate of drug-likeness (QED) is 0.394. The van der Waals surface area contributed by atoms with Gasteiger partial charge in [0, 0.05) is 16.3 Å². The minimum absolute atomic E-state index is 0.0865. The number of Topliss-reactive ketones (excluding diaryl/α,β-unsaturated/α-hetero) is 1. The van der Waals surface area contributed by atoms with E-state index in [0.29, 0.717) is 25.1 Å². The van der Waals surface area contributed by atoms with Crippen LogP contribution in [0.1, 0.15) is 10.4 Å². The minimum atomic E-state index is -0.0865. The van der Waals surface area contributed by atoms with E-state index >= 15 is 0 Å². The zero-order valence-corrected chi connectivity index (χ0v) is 16.7. The minimum Gasteiger partial charge on any atom is -0.497 e. The third-order valence-corrected chi connectivity index (χ3v) is 5.83. The average molecular weight is 426 g/mol. The molecule has 0 radical (unpaired) electrons. The number of benzene rings is 2. The average Bonchev–Trinajstić information content (AvgIpc) is 3.08. The summed E-state index contributed by atoms with van der Waals surface area (Å²) < 4.78 is 5.82. The predicted octanol–water partition coefficient (Wildman–Crippen LogP) is 5.57. The Morgan fingerprint density at radius 1 is 1.19 bits per heavy atom. The maximum atomic E-state index is 12.3. The molecule has 3 rings (SSSR count). The first-order valence-corrected chi connectivity index (χ1v) is 9.96. The smallest absolute Gasteiger partial charge is 0.210 e. The van der Waals surface area contributed by atoms with E-state index in [1.54, 1.807) is 25.3 Å². The molecule has 26 heavy (non-hydrogen) atoms. The number of rotatable bonds is 7. The molecule has 0 atom stereocenters. The van der Waals surface area contributed by atoms with Gasteiger partial charge in [-0.05, 0) is 42.5 Å². The number of ketones is 1. The Bertz CT molecular complexity index is 917. The van der Waals surface area contributed by atoms with Crippen molar-refractivity contribution in [3.05, 3.63) is 58.1 Å². The van der Waals surface area contributed by atoms with Crippen molar-refractivity contribution in [1.29, 1.82) is 0 Å². The van der Waals surface area contributed by atoms with E-state index < -0.39 is 0 Å². The first-order valence-electron chi connectivity index (χ1n) is 7.41. The number of nitrogens with zero attached hydrogens (tertiary/aromatic N) is 2. The first-order chi connectivity index (χ1) is 12.5. The summed E-state index contributed by atoms with van der Waals surface area (Å²) in [7, 11) is 1.62. The van der Waals surface area contributed by atoms with Gasteiger partial charge >= 0.3 is 0 Å². The zero-order chi connectivity index (χ0) is 18.5. The monoisotopic (exact) mass is 425 g/mol. The topological polar surface area (TPSA) is 64.1 Å². The molecule has 9 heteroatoms. The molecule has 0 aliphatic heterocycles. The van der Waals surface area contributed by atoms with Gasteiger partial charge in [0.2, 0.25) is 5.13 Å². The number of halogens is 2. The number of thioether (sulfide) groups is 1. The summed E-state index contributed by atoms with van der Waals surface area (Å²) in [5.41, 5.74) is 1.33. The lowest BCUT2D eigenvalue weighted by Crippen LogP contribution is -2.03. The Balaban J connectivity index is 1.58. The van der Waals surface area contributed by atoms with Crippen LogP contribution in [0.5, 0.6) is 5.75 Å². The van der Waals surface area contributed by atoms with Crippen LogP contribution in [0.15, 0.2) is 46.8 Å². The molecule has 0 saturated heterocycles. The summed E-state index contributed by atoms with van der Waals surface area (Å²) in [6, 6.07) is 12.3. The standard InChI is InChI=1S/C17H13Cl2N3O2S2/c1-24-12-5-3-11(4-6-12)20-16-21-22-17(26-16)25-9-15(23)13-7-2-10(18)8-14(13)19/h2-8H,9H2,1H3,(H,20,21). The number of carbonyl (C=O) groups excluding carboxylic acids is 1. The van der Waals surface area contributed by atoms with Crippen molar-refractivity contribution in [3.63, 3.8) is 0 Å². The summed E-state index contributed by atoms with van der Waals surface area (Å²) in [5, 5.41) is 12.8. The highest BCUT2D eigenvalue weighted by molar-refractivity contribution is 8.01. The Morgan fingerprint density at radius 2 is 1.96 bits per heavy atom. The van der Waals surface area contributed by atoms with Crippen LogP contribution in [-0.4, -0.2) is 28.8 Å². The van der Waals surface area contributed by atoms with Crippen LogP contribution >= 0.6 is 46.3 Å². The van der Waals surface area contributed by atoms with Crippen LogP contribution in [0.25, 0.3) is 0 Å². The van der Waals surface area contributed by atoms with Crippen molar-refractivity contribution >= 4 is 62.9 Å². The second kappa shape index (κ2) is 8.73. The number of aromatic nitrogens is 2. The molecular formula is C17H13Cl2N3O2S2. The number of anilines is 2. The largest absolute Gasteiger partial charge is 0.497 e. The molecule has 0 spiro atoms. The fraction of sp³-hybridized carbons (Fsp3) is 0.118. The van der Waals surface area contributed by atoms with Crippen molar-refractivity contribution < 1.29 is 9.53 Å². The van der Waals surface area contributed by atoms with Crippen LogP contribution in [0.4, 0.5) is 10.8 Å². The highest BCUT2D eigenvalue weighted by Gasteiger charge is 2.13. The number of carbonyl (C=O) groups is 1. The van der Waals surface area contributed by atoms with Crippen molar-refractivity contribution in [1.82, 2.24) is 10.2 Å². The van der Waals surface area contributed by atoms with Gasteiger partial charge in [0.25, 0.3) is 0 Å². The Labute approximate surface area is 168 Å². The lowest BCUT2D eigenvalue weighted by Gasteiger charge is -2.03. The molecule has 3 aromatic rings. The van der Waals surface area contributed by atoms with E-state index in [-0.39, 0.29) is 11.5 Å². The molecule has 0 aliphatic rings. The second-order valence-corrected chi connectivity index (χ2v) is 8.11. The lowest BCUT2D eigenvalue weighted by molar-refractivity contribution is 0.102. The Morgan fingerprint density at radius 3 is 2.65 bits per heavy atom. The van der Waals surface area contributed by atoms with Gasteiger partial charge in [0.15, 0.2) is 10.1 Å². The second-order valence-electron chi connectivity index (χ2n) is 5.06. The molecular weight excluding hydrogens is 413 g/mol. The van der Waals surface area contributed by atoms with Crippen LogP contribution in [-0.2, 0) is 0 Å². The fourth-order valence-corrected chi connectivity index (χ4v) is 4.21. The summed E-state index contributed by atoms with van der Waals surface area (Å²) >= 11 is 14.6. The normalized spacial score (nSPS) is 10.6. The Hall–Kier alpha value is -1.80. The van der Waals surface area contributed by atoms with E-state index in [1.165, 1.54) is 23.1 Å². The van der Waals surface area contributed by atoms with Gasteiger partial charge in [0.05, 0.1) is 17.9 Å². The van der Waals surface area contributed by atoms with Crippen LogP contribution in [0.2, 0.25) is 10.0 Å². The highest BCUT2D eigenvalue weighted by atomic mass is 35.5. The number of ether oxygens (including phenoxy) is 1. The third kappa shape index (κ3) is 4.88. The van der Waals surface area contributed by atoms with E-state index in [1.807, 2.05) is 24.3 Å². The zero-order valence-electron chi connectivity index (χ0n) is 13.5. The molecule has 0 saturated carbocycles. The van der Waals surface area contributed by atoms with Gasteiger partial charge in [0.1, 0.15) is 5.75 Å². The molecule has 0 bridgehead atoms. The van der Waals surface area contributed by atoms with Gasteiger partial charge in [-0.1, -0.05) is 46.3 Å². The molecule has 5 nitrogen and oxygen atoms in total. The van der Waals surface area contributed by atoms with Gasteiger partial charge < -0.3 is 10.1 Å². The van der Waals surface area contributed by atoms with Gasteiger partial charge in [-0.15, -0.1) is 10.2 Å². The van der Waals surface area contributed by atoms with E-state index in [2.05, 4.69) is 15.5 Å². The Kier molecular flexibility index (Phi) is 6.37. The molecule has 1 N–H and O–H groups in total. The fourth-order valence-electron chi connectivity index (χ4n) is 2.04. The molecule has 0 amide bonds. The number of nitrogens with one attached hydrogen (secondary N) is 1. The summed E-state index contributed by atoms with van der Waals surface area (Å²) in [6.07, 6.45) is 0. The van der Waals surface area contributed by atoms with Crippen molar-refractivity contribution in [2.45, 2.75) is 4.34 Å². The molecule has 0 unspecified atom stereocenters. The molecule has 134 valence electrons. The number of hydrogen-bond acceptors (Lipinski definition) is 7. The maximum absolute atomic E-state index is 12.3. The number of methoxy groups -OCH3 is 1. The molecule has 1 aromatic heterocycles. The van der Waals surface area contributed by atoms with Gasteiger partial charge in [-0.3, -0.25) is 4.79 Å².